The van der Waals surface area contributed by atoms with Crippen LogP contribution in [0.5, 0.6) is 0 Å². The quantitative estimate of drug-likeness (QED) is 0.164. The van der Waals surface area contributed by atoms with Gasteiger partial charge in [0.1, 0.15) is 11.2 Å². The molecule has 0 aliphatic carbocycles. The lowest BCUT2D eigenvalue weighted by Gasteiger charge is -2.14. The van der Waals surface area contributed by atoms with Crippen molar-refractivity contribution in [1.82, 2.24) is 19.9 Å². The number of rotatable bonds is 5. The third-order valence-electron chi connectivity index (χ3n) is 11.5. The molecule has 0 bridgehead atoms. The molecule has 0 fully saturated rings. The summed E-state index contributed by atoms with van der Waals surface area (Å²) in [7, 11) is 0. The van der Waals surface area contributed by atoms with Crippen LogP contribution in [0.4, 0.5) is 0 Å². The van der Waals surface area contributed by atoms with Gasteiger partial charge in [-0.3, -0.25) is 0 Å². The van der Waals surface area contributed by atoms with Gasteiger partial charge in [0, 0.05) is 27.6 Å². The van der Waals surface area contributed by atoms with Gasteiger partial charge in [0.2, 0.25) is 0 Å². The van der Waals surface area contributed by atoms with Crippen molar-refractivity contribution >= 4 is 65.2 Å². The topological polar surface area (TPSA) is 64.7 Å². The standard InChI is InChI=1S/C54H32N4O/c1-3-14-34(15-4-1)52-56-53(35-16-5-2-6-17-35)58-54(57-52)36-28-26-33(27-29-36)38-23-13-24-46-48(38)51-49(44-22-11-12-25-47(44)59-51)50(55-46)37-30-31-43-41-20-8-7-18-39(41)40-19-9-10-21-42(40)45(43)32-37/h1-32H. The van der Waals surface area contributed by atoms with Crippen LogP contribution in [0.25, 0.3) is 122 Å². The number of benzene rings is 9. The average Bonchev–Trinajstić information content (AvgIpc) is 3.71. The van der Waals surface area contributed by atoms with Crippen molar-refractivity contribution in [2.45, 2.75) is 0 Å². The molecule has 59 heavy (non-hydrogen) atoms. The zero-order valence-electron chi connectivity index (χ0n) is 31.7. The summed E-state index contributed by atoms with van der Waals surface area (Å²) in [6, 6.07) is 67.4. The van der Waals surface area contributed by atoms with E-state index in [-0.39, 0.29) is 0 Å². The van der Waals surface area contributed by atoms with Gasteiger partial charge in [-0.2, -0.15) is 0 Å². The Hall–Kier alpha value is -8.02. The smallest absolute Gasteiger partial charge is 0.164 e. The summed E-state index contributed by atoms with van der Waals surface area (Å²) in [6.45, 7) is 0. The number of aromatic nitrogens is 4. The molecule has 3 aromatic heterocycles. The molecule has 12 aromatic rings. The normalized spacial score (nSPS) is 11.7. The second-order valence-electron chi connectivity index (χ2n) is 14.9. The summed E-state index contributed by atoms with van der Waals surface area (Å²) in [5, 5.41) is 10.4. The summed E-state index contributed by atoms with van der Waals surface area (Å²) in [5.41, 5.74) is 9.34. The molecule has 0 amide bonds. The maximum Gasteiger partial charge on any atom is 0.164 e. The summed E-state index contributed by atoms with van der Waals surface area (Å²) in [6.07, 6.45) is 0. The minimum absolute atomic E-state index is 0.615. The van der Waals surface area contributed by atoms with Crippen LogP contribution < -0.4 is 0 Å². The Balaban J connectivity index is 1.03. The van der Waals surface area contributed by atoms with Gasteiger partial charge < -0.3 is 4.42 Å². The van der Waals surface area contributed by atoms with Gasteiger partial charge in [-0.05, 0) is 61.6 Å². The molecule has 0 unspecified atom stereocenters. The van der Waals surface area contributed by atoms with Crippen molar-refractivity contribution < 1.29 is 4.42 Å². The number of nitrogens with zero attached hydrogens (tertiary/aromatic N) is 4. The zero-order valence-corrected chi connectivity index (χ0v) is 31.7. The Morgan fingerprint density at radius 3 is 1.39 bits per heavy atom. The molecular formula is C54H32N4O. The van der Waals surface area contributed by atoms with Crippen LogP contribution in [0.3, 0.4) is 0 Å². The lowest BCUT2D eigenvalue weighted by atomic mass is 9.91. The second kappa shape index (κ2) is 13.3. The molecule has 9 aromatic carbocycles. The SMILES string of the molecule is c1ccc(-c2nc(-c3ccccc3)nc(-c3ccc(-c4cccc5nc(-c6ccc7c8ccccc8c8ccccc8c7c6)c6c7ccccc7oc6c45)cc3)n2)cc1. The predicted molar refractivity (Wildman–Crippen MR) is 242 cm³/mol. The van der Waals surface area contributed by atoms with E-state index >= 15 is 0 Å². The minimum atomic E-state index is 0.615. The van der Waals surface area contributed by atoms with E-state index in [1.54, 1.807) is 0 Å². The van der Waals surface area contributed by atoms with Crippen LogP contribution in [-0.2, 0) is 0 Å². The third kappa shape index (κ3) is 5.40. The maximum atomic E-state index is 6.84. The highest BCUT2D eigenvalue weighted by Crippen LogP contribution is 2.44. The highest BCUT2D eigenvalue weighted by atomic mass is 16.3. The van der Waals surface area contributed by atoms with Crippen LogP contribution >= 0.6 is 0 Å². The van der Waals surface area contributed by atoms with Crippen LogP contribution in [0.15, 0.2) is 199 Å². The number of hydrogen-bond donors (Lipinski definition) is 0. The van der Waals surface area contributed by atoms with Gasteiger partial charge in [-0.15, -0.1) is 0 Å². The van der Waals surface area contributed by atoms with E-state index in [0.29, 0.717) is 17.5 Å². The van der Waals surface area contributed by atoms with Crippen LogP contribution in [-0.4, -0.2) is 19.9 Å². The van der Waals surface area contributed by atoms with Gasteiger partial charge >= 0.3 is 0 Å². The molecule has 0 aliphatic heterocycles. The average molecular weight is 753 g/mol. The minimum Gasteiger partial charge on any atom is -0.455 e. The monoisotopic (exact) mass is 752 g/mol. The molecule has 5 nitrogen and oxygen atoms in total. The molecule has 0 spiro atoms. The zero-order chi connectivity index (χ0) is 38.9. The van der Waals surface area contributed by atoms with E-state index in [1.807, 2.05) is 72.8 Å². The Morgan fingerprint density at radius 1 is 0.305 bits per heavy atom. The van der Waals surface area contributed by atoms with Crippen molar-refractivity contribution in [3.8, 4) is 56.5 Å². The highest BCUT2D eigenvalue weighted by Gasteiger charge is 2.21. The van der Waals surface area contributed by atoms with Gasteiger partial charge in [-0.25, -0.2) is 19.9 Å². The van der Waals surface area contributed by atoms with E-state index in [9.17, 15) is 0 Å². The molecular weight excluding hydrogens is 721 g/mol. The van der Waals surface area contributed by atoms with Gasteiger partial charge in [0.05, 0.1) is 22.0 Å². The molecule has 3 heterocycles. The molecule has 0 atom stereocenters. The van der Waals surface area contributed by atoms with Crippen molar-refractivity contribution in [2.75, 3.05) is 0 Å². The van der Waals surface area contributed by atoms with Crippen LogP contribution in [0.1, 0.15) is 0 Å². The molecule has 274 valence electrons. The number of hydrogen-bond acceptors (Lipinski definition) is 5. The Labute approximate surface area is 338 Å². The van der Waals surface area contributed by atoms with Gasteiger partial charge in [0.15, 0.2) is 17.5 Å². The summed E-state index contributed by atoms with van der Waals surface area (Å²) < 4.78 is 6.84. The summed E-state index contributed by atoms with van der Waals surface area (Å²) in [4.78, 5) is 20.3. The van der Waals surface area contributed by atoms with Crippen molar-refractivity contribution in [3.63, 3.8) is 0 Å². The molecule has 0 radical (unpaired) electrons. The van der Waals surface area contributed by atoms with Crippen molar-refractivity contribution in [2.24, 2.45) is 0 Å². The van der Waals surface area contributed by atoms with E-state index in [1.165, 1.54) is 32.3 Å². The van der Waals surface area contributed by atoms with Crippen molar-refractivity contribution in [1.29, 1.82) is 0 Å². The van der Waals surface area contributed by atoms with E-state index in [4.69, 9.17) is 24.4 Å². The fraction of sp³-hybridized carbons (Fsp3) is 0. The summed E-state index contributed by atoms with van der Waals surface area (Å²) in [5.74, 6) is 1.88. The molecule has 0 aliphatic rings. The number of furan rings is 1. The third-order valence-corrected chi connectivity index (χ3v) is 11.5. The first-order valence-electron chi connectivity index (χ1n) is 19.8. The first-order valence-corrected chi connectivity index (χ1v) is 19.8. The lowest BCUT2D eigenvalue weighted by molar-refractivity contribution is 0.672. The first kappa shape index (κ1) is 33.2. The maximum absolute atomic E-state index is 6.84. The molecule has 12 rings (SSSR count). The van der Waals surface area contributed by atoms with E-state index in [2.05, 4.69) is 121 Å². The first-order chi connectivity index (χ1) is 29.2. The fourth-order valence-corrected chi connectivity index (χ4v) is 8.75. The second-order valence-corrected chi connectivity index (χ2v) is 14.9. The van der Waals surface area contributed by atoms with Crippen molar-refractivity contribution in [3.05, 3.63) is 194 Å². The number of para-hydroxylation sites is 1. The Bertz CT molecular complexity index is 3500. The Morgan fingerprint density at radius 2 is 0.780 bits per heavy atom. The van der Waals surface area contributed by atoms with Gasteiger partial charge in [0.25, 0.3) is 0 Å². The van der Waals surface area contributed by atoms with E-state index < -0.39 is 0 Å². The van der Waals surface area contributed by atoms with Gasteiger partial charge in [-0.1, -0.05) is 176 Å². The lowest BCUT2D eigenvalue weighted by Crippen LogP contribution is -2.00. The number of fused-ring (bicyclic) bond motifs is 11. The summed E-state index contributed by atoms with van der Waals surface area (Å²) >= 11 is 0. The number of pyridine rings is 1. The molecule has 5 heteroatoms. The van der Waals surface area contributed by atoms with E-state index in [0.717, 1.165) is 71.9 Å². The highest BCUT2D eigenvalue weighted by molar-refractivity contribution is 6.27. The Kier molecular flexibility index (Phi) is 7.47. The van der Waals surface area contributed by atoms with Crippen LogP contribution in [0, 0.1) is 0 Å². The molecule has 0 N–H and O–H groups in total. The fourth-order valence-electron chi connectivity index (χ4n) is 8.75. The predicted octanol–water partition coefficient (Wildman–Crippen LogP) is 14.1. The molecule has 0 saturated heterocycles. The van der Waals surface area contributed by atoms with Crippen LogP contribution in [0.2, 0.25) is 0 Å². The largest absolute Gasteiger partial charge is 0.455 e. The molecule has 0 saturated carbocycles.